The summed E-state index contributed by atoms with van der Waals surface area (Å²) in [6, 6.07) is 52.9. The molecule has 0 bridgehead atoms. The van der Waals surface area contributed by atoms with Crippen LogP contribution >= 0.6 is 11.3 Å². The largest absolute Gasteiger partial charge is 0.456 e. The van der Waals surface area contributed by atoms with Gasteiger partial charge in [0.2, 0.25) is 0 Å². The van der Waals surface area contributed by atoms with E-state index in [1.165, 1.54) is 80.1 Å². The first-order chi connectivity index (χ1) is 21.8. The molecule has 0 saturated heterocycles. The van der Waals surface area contributed by atoms with Crippen molar-refractivity contribution in [1.82, 2.24) is 0 Å². The molecule has 0 spiro atoms. The Bertz CT molecular complexity index is 2720. The Hall–Kier alpha value is -5.44. The van der Waals surface area contributed by atoms with Crippen molar-refractivity contribution in [2.45, 2.75) is 0 Å². The van der Waals surface area contributed by atoms with E-state index in [1.54, 1.807) is 0 Å². The third kappa shape index (κ3) is 3.23. The Morgan fingerprint density at radius 3 is 1.61 bits per heavy atom. The van der Waals surface area contributed by atoms with Crippen LogP contribution in [0.2, 0.25) is 0 Å². The molecule has 0 aliphatic carbocycles. The molecule has 44 heavy (non-hydrogen) atoms. The van der Waals surface area contributed by atoms with Crippen LogP contribution in [0.25, 0.3) is 96.7 Å². The molecule has 10 rings (SSSR count). The lowest BCUT2D eigenvalue weighted by molar-refractivity contribution is 0.669. The minimum absolute atomic E-state index is 0.920. The fraction of sp³-hybridized carbons (Fsp3) is 0. The molecule has 2 aromatic heterocycles. The van der Waals surface area contributed by atoms with Gasteiger partial charge in [0.25, 0.3) is 0 Å². The predicted octanol–water partition coefficient (Wildman–Crippen LogP) is 12.7. The summed E-state index contributed by atoms with van der Waals surface area (Å²) in [4.78, 5) is 0. The number of hydrogen-bond acceptors (Lipinski definition) is 2. The molecule has 0 radical (unpaired) electrons. The summed E-state index contributed by atoms with van der Waals surface area (Å²) in [5.41, 5.74) is 6.89. The first-order valence-electron chi connectivity index (χ1n) is 15.0. The van der Waals surface area contributed by atoms with Gasteiger partial charge in [-0.15, -0.1) is 11.3 Å². The van der Waals surface area contributed by atoms with Gasteiger partial charge in [-0.3, -0.25) is 0 Å². The number of hydrogen-bond donors (Lipinski definition) is 0. The Labute approximate surface area is 257 Å². The van der Waals surface area contributed by atoms with Crippen LogP contribution in [0.15, 0.2) is 150 Å². The monoisotopic (exact) mass is 576 g/mol. The van der Waals surface area contributed by atoms with Crippen LogP contribution in [-0.4, -0.2) is 0 Å². The smallest absolute Gasteiger partial charge is 0.136 e. The fourth-order valence-corrected chi connectivity index (χ4v) is 8.77. The lowest BCUT2D eigenvalue weighted by atomic mass is 9.84. The van der Waals surface area contributed by atoms with E-state index < -0.39 is 0 Å². The van der Waals surface area contributed by atoms with Crippen molar-refractivity contribution < 1.29 is 4.42 Å². The number of furan rings is 1. The van der Waals surface area contributed by atoms with Gasteiger partial charge in [-0.1, -0.05) is 133 Å². The molecule has 0 saturated carbocycles. The molecule has 204 valence electrons. The zero-order valence-electron chi connectivity index (χ0n) is 23.7. The van der Waals surface area contributed by atoms with Crippen molar-refractivity contribution in [1.29, 1.82) is 0 Å². The van der Waals surface area contributed by atoms with Crippen LogP contribution in [0.1, 0.15) is 0 Å². The quantitative estimate of drug-likeness (QED) is 0.187. The van der Waals surface area contributed by atoms with E-state index in [-0.39, 0.29) is 0 Å². The summed E-state index contributed by atoms with van der Waals surface area (Å²) in [6.45, 7) is 0. The first kappa shape index (κ1) is 24.0. The fourth-order valence-electron chi connectivity index (χ4n) is 7.41. The number of benzene rings is 8. The van der Waals surface area contributed by atoms with Crippen LogP contribution in [0, 0.1) is 0 Å². The Morgan fingerprint density at radius 1 is 0.341 bits per heavy atom. The highest BCUT2D eigenvalue weighted by Crippen LogP contribution is 2.50. The van der Waals surface area contributed by atoms with E-state index in [9.17, 15) is 0 Å². The maximum Gasteiger partial charge on any atom is 0.136 e. The van der Waals surface area contributed by atoms with Crippen molar-refractivity contribution in [3.63, 3.8) is 0 Å². The maximum atomic E-state index is 6.34. The first-order valence-corrected chi connectivity index (χ1v) is 15.8. The summed E-state index contributed by atoms with van der Waals surface area (Å²) in [5, 5.41) is 12.6. The van der Waals surface area contributed by atoms with Gasteiger partial charge in [0.05, 0.1) is 0 Å². The zero-order valence-corrected chi connectivity index (χ0v) is 24.5. The Kier molecular flexibility index (Phi) is 4.94. The van der Waals surface area contributed by atoms with Crippen LogP contribution in [0.3, 0.4) is 0 Å². The topological polar surface area (TPSA) is 13.1 Å². The zero-order chi connectivity index (χ0) is 28.8. The molecule has 2 heteroatoms. The molecule has 1 nitrogen and oxygen atoms in total. The van der Waals surface area contributed by atoms with E-state index >= 15 is 0 Å². The SMILES string of the molecule is c1ccc2c(c1)ccc1c3cccc(-c4c5ccccc5c(-c5cccc6oc7ccccc7c56)c5ccccc45)c3sc21. The molecule has 8 aromatic carbocycles. The highest BCUT2D eigenvalue weighted by Gasteiger charge is 2.21. The number of fused-ring (bicyclic) bond motifs is 10. The number of rotatable bonds is 2. The van der Waals surface area contributed by atoms with Gasteiger partial charge >= 0.3 is 0 Å². The molecule has 2 heterocycles. The van der Waals surface area contributed by atoms with E-state index in [2.05, 4.69) is 140 Å². The van der Waals surface area contributed by atoms with Crippen molar-refractivity contribution in [2.75, 3.05) is 0 Å². The predicted molar refractivity (Wildman–Crippen MR) is 190 cm³/mol. The van der Waals surface area contributed by atoms with Gasteiger partial charge in [-0.2, -0.15) is 0 Å². The van der Waals surface area contributed by atoms with Crippen LogP contribution in [0.5, 0.6) is 0 Å². The van der Waals surface area contributed by atoms with E-state index in [0.717, 1.165) is 16.6 Å². The second kappa shape index (κ2) is 9.03. The van der Waals surface area contributed by atoms with Crippen LogP contribution < -0.4 is 0 Å². The highest BCUT2D eigenvalue weighted by atomic mass is 32.1. The lowest BCUT2D eigenvalue weighted by Crippen LogP contribution is -1.91. The summed E-state index contributed by atoms with van der Waals surface area (Å²) in [5.74, 6) is 0. The van der Waals surface area contributed by atoms with Crippen molar-refractivity contribution in [2.24, 2.45) is 0 Å². The lowest BCUT2D eigenvalue weighted by Gasteiger charge is -2.18. The van der Waals surface area contributed by atoms with Gasteiger partial charge in [0.1, 0.15) is 11.2 Å². The summed E-state index contributed by atoms with van der Waals surface area (Å²) >= 11 is 1.92. The molecular weight excluding hydrogens is 553 g/mol. The molecule has 0 N–H and O–H groups in total. The highest BCUT2D eigenvalue weighted by molar-refractivity contribution is 7.27. The molecule has 0 aliphatic rings. The Balaban J connectivity index is 1.37. The summed E-state index contributed by atoms with van der Waals surface area (Å²) in [6.07, 6.45) is 0. The maximum absolute atomic E-state index is 6.34. The summed E-state index contributed by atoms with van der Waals surface area (Å²) in [7, 11) is 0. The van der Waals surface area contributed by atoms with Gasteiger partial charge < -0.3 is 4.42 Å². The second-order valence-electron chi connectivity index (χ2n) is 11.6. The molecule has 0 atom stereocenters. The summed E-state index contributed by atoms with van der Waals surface area (Å²) < 4.78 is 9.03. The van der Waals surface area contributed by atoms with E-state index in [0.29, 0.717) is 0 Å². The molecule has 0 amide bonds. The van der Waals surface area contributed by atoms with Crippen molar-refractivity contribution >= 4 is 85.8 Å². The van der Waals surface area contributed by atoms with Crippen LogP contribution in [0.4, 0.5) is 0 Å². The van der Waals surface area contributed by atoms with E-state index in [4.69, 9.17) is 4.42 Å². The molecule has 0 unspecified atom stereocenters. The molecule has 0 aliphatic heterocycles. The van der Waals surface area contributed by atoms with Crippen molar-refractivity contribution in [3.05, 3.63) is 146 Å². The number of thiophene rings is 1. The normalized spacial score (nSPS) is 12.1. The van der Waals surface area contributed by atoms with Gasteiger partial charge in [-0.25, -0.2) is 0 Å². The minimum atomic E-state index is 0.920. The van der Waals surface area contributed by atoms with Crippen LogP contribution in [-0.2, 0) is 0 Å². The average molecular weight is 577 g/mol. The van der Waals surface area contributed by atoms with Gasteiger partial charge in [0, 0.05) is 36.5 Å². The molecule has 10 aromatic rings. The van der Waals surface area contributed by atoms with Crippen molar-refractivity contribution in [3.8, 4) is 22.3 Å². The standard InChI is InChI=1S/C42H24OS/c1-2-12-26-25(11-1)23-24-32-31-18-9-20-35(42(31)44-41(26)32)39-29-15-5-3-13-27(29)38(28-14-4-6-16-30(28)39)34-19-10-22-37-40(34)33-17-7-8-21-36(33)43-37/h1-24H. The van der Waals surface area contributed by atoms with Gasteiger partial charge in [0.15, 0.2) is 0 Å². The minimum Gasteiger partial charge on any atom is -0.456 e. The third-order valence-electron chi connectivity index (χ3n) is 9.26. The molecular formula is C42H24OS. The third-order valence-corrected chi connectivity index (χ3v) is 10.5. The molecule has 0 fully saturated rings. The average Bonchev–Trinajstić information content (AvgIpc) is 3.66. The van der Waals surface area contributed by atoms with Gasteiger partial charge in [-0.05, 0) is 61.1 Å². The Morgan fingerprint density at radius 2 is 0.864 bits per heavy atom. The van der Waals surface area contributed by atoms with E-state index in [1.807, 2.05) is 17.4 Å². The number of para-hydroxylation sites is 1. The second-order valence-corrected chi connectivity index (χ2v) is 12.6.